The summed E-state index contributed by atoms with van der Waals surface area (Å²) in [6, 6.07) is -0.435. The van der Waals surface area contributed by atoms with Gasteiger partial charge in [-0.05, 0) is 13.0 Å². The van der Waals surface area contributed by atoms with Crippen LogP contribution in [0.25, 0.3) is 0 Å². The van der Waals surface area contributed by atoms with Crippen LogP contribution in [0.3, 0.4) is 0 Å². The molecule has 0 saturated carbocycles. The van der Waals surface area contributed by atoms with Crippen LogP contribution in [0, 0.1) is 0 Å². The molecule has 6 heteroatoms. The van der Waals surface area contributed by atoms with Crippen LogP contribution < -0.4 is 5.32 Å². The van der Waals surface area contributed by atoms with E-state index in [0.717, 1.165) is 4.90 Å². The molecule has 6 nitrogen and oxygen atoms in total. The molecule has 0 aromatic carbocycles. The van der Waals surface area contributed by atoms with Gasteiger partial charge in [-0.2, -0.15) is 0 Å². The Morgan fingerprint density at radius 3 is 2.75 bits per heavy atom. The fourth-order valence-electron chi connectivity index (χ4n) is 1.53. The zero-order chi connectivity index (χ0) is 12.1. The van der Waals surface area contributed by atoms with Crippen molar-refractivity contribution in [1.29, 1.82) is 0 Å². The molecular weight excluding hydrogens is 212 g/mol. The van der Waals surface area contributed by atoms with Crippen LogP contribution in [-0.2, 0) is 19.1 Å². The van der Waals surface area contributed by atoms with Crippen LogP contribution in [0.4, 0.5) is 0 Å². The fourth-order valence-corrected chi connectivity index (χ4v) is 1.53. The highest BCUT2D eigenvalue weighted by Gasteiger charge is 2.35. The number of likely N-dealkylation sites (tertiary alicyclic amines) is 1. The van der Waals surface area contributed by atoms with Gasteiger partial charge in [-0.1, -0.05) is 0 Å². The number of methoxy groups -OCH3 is 1. The molecule has 1 saturated heterocycles. The van der Waals surface area contributed by atoms with E-state index in [2.05, 4.69) is 10.1 Å². The second-order valence-corrected chi connectivity index (χ2v) is 3.68. The number of carbonyl (C=O) groups excluding carboxylic acids is 3. The van der Waals surface area contributed by atoms with Gasteiger partial charge in [0.25, 0.3) is 0 Å². The van der Waals surface area contributed by atoms with Crippen molar-refractivity contribution in [3.8, 4) is 0 Å². The predicted octanol–water partition coefficient (Wildman–Crippen LogP) is -0.713. The van der Waals surface area contributed by atoms with Gasteiger partial charge in [-0.15, -0.1) is 0 Å². The molecule has 1 fully saturated rings. The van der Waals surface area contributed by atoms with Crippen molar-refractivity contribution in [1.82, 2.24) is 10.2 Å². The molecule has 1 aliphatic rings. The summed E-state index contributed by atoms with van der Waals surface area (Å²) in [4.78, 5) is 34.5. The Morgan fingerprint density at radius 1 is 1.56 bits per heavy atom. The summed E-state index contributed by atoms with van der Waals surface area (Å²) >= 11 is 0. The maximum atomic E-state index is 11.5. The first-order valence-corrected chi connectivity index (χ1v) is 5.17. The summed E-state index contributed by atoms with van der Waals surface area (Å²) in [5.74, 6) is -0.647. The average molecular weight is 228 g/mol. The zero-order valence-electron chi connectivity index (χ0n) is 9.49. The van der Waals surface area contributed by atoms with E-state index in [-0.39, 0.29) is 24.2 Å². The van der Waals surface area contributed by atoms with Gasteiger partial charge in [-0.3, -0.25) is 19.3 Å². The van der Waals surface area contributed by atoms with E-state index in [9.17, 15) is 14.4 Å². The second kappa shape index (κ2) is 5.60. The summed E-state index contributed by atoms with van der Waals surface area (Å²) in [7, 11) is 2.81. The predicted molar refractivity (Wildman–Crippen MR) is 55.4 cm³/mol. The van der Waals surface area contributed by atoms with E-state index in [1.807, 2.05) is 0 Å². The lowest BCUT2D eigenvalue weighted by Crippen LogP contribution is -2.37. The minimum Gasteiger partial charge on any atom is -0.469 e. The molecule has 2 amide bonds. The van der Waals surface area contributed by atoms with E-state index in [1.54, 1.807) is 0 Å². The lowest BCUT2D eigenvalue weighted by molar-refractivity contribution is -0.140. The van der Waals surface area contributed by atoms with Crippen molar-refractivity contribution in [2.24, 2.45) is 0 Å². The Bertz CT molecular complexity index is 303. The molecule has 0 bridgehead atoms. The largest absolute Gasteiger partial charge is 0.469 e. The molecule has 16 heavy (non-hydrogen) atoms. The normalized spacial score (nSPS) is 20.4. The number of likely N-dealkylation sites (N-methyl/N-ethyl adjacent to an activating group) is 1. The third kappa shape index (κ3) is 3.03. The van der Waals surface area contributed by atoms with Gasteiger partial charge in [0.15, 0.2) is 0 Å². The van der Waals surface area contributed by atoms with Crippen LogP contribution in [-0.4, -0.2) is 49.4 Å². The molecule has 0 radical (unpaired) electrons. The van der Waals surface area contributed by atoms with Crippen LogP contribution in [0.15, 0.2) is 0 Å². The molecule has 1 unspecified atom stereocenters. The van der Waals surface area contributed by atoms with Crippen LogP contribution >= 0.6 is 0 Å². The molecule has 1 aliphatic heterocycles. The number of ether oxygens (including phenoxy) is 1. The van der Waals surface area contributed by atoms with Gasteiger partial charge in [-0.25, -0.2) is 0 Å². The number of hydrogen-bond acceptors (Lipinski definition) is 5. The highest BCUT2D eigenvalue weighted by Crippen LogP contribution is 2.10. The maximum absolute atomic E-state index is 11.5. The third-order valence-corrected chi connectivity index (χ3v) is 2.56. The van der Waals surface area contributed by atoms with Crippen molar-refractivity contribution in [3.63, 3.8) is 0 Å². The van der Waals surface area contributed by atoms with Crippen LogP contribution in [0.5, 0.6) is 0 Å². The topological polar surface area (TPSA) is 75.7 Å². The number of hydrogen-bond donors (Lipinski definition) is 1. The van der Waals surface area contributed by atoms with E-state index in [0.29, 0.717) is 19.4 Å². The van der Waals surface area contributed by atoms with Crippen molar-refractivity contribution in [3.05, 3.63) is 0 Å². The number of rotatable bonds is 5. The first kappa shape index (κ1) is 12.6. The second-order valence-electron chi connectivity index (χ2n) is 3.68. The Hall–Kier alpha value is -1.43. The lowest BCUT2D eigenvalue weighted by atomic mass is 10.2. The van der Waals surface area contributed by atoms with Gasteiger partial charge in [0.1, 0.15) is 0 Å². The summed E-state index contributed by atoms with van der Waals surface area (Å²) < 4.78 is 4.48. The van der Waals surface area contributed by atoms with Gasteiger partial charge >= 0.3 is 5.97 Å². The molecule has 0 aromatic heterocycles. The average Bonchev–Trinajstić information content (AvgIpc) is 2.52. The number of carbonyl (C=O) groups is 3. The summed E-state index contributed by atoms with van der Waals surface area (Å²) in [6.45, 7) is 0.520. The van der Waals surface area contributed by atoms with E-state index >= 15 is 0 Å². The first-order chi connectivity index (χ1) is 7.56. The van der Waals surface area contributed by atoms with Gasteiger partial charge < -0.3 is 10.1 Å². The number of esters is 1. The molecule has 1 heterocycles. The Labute approximate surface area is 93.9 Å². The monoisotopic (exact) mass is 228 g/mol. The SMILES string of the molecule is COC(=O)CCCNC1CC(=O)N(C)C1=O. The van der Waals surface area contributed by atoms with Crippen molar-refractivity contribution < 1.29 is 19.1 Å². The minimum atomic E-state index is -0.435. The van der Waals surface area contributed by atoms with Gasteiger partial charge in [0, 0.05) is 13.5 Å². The molecule has 0 spiro atoms. The Balaban J connectivity index is 2.22. The molecular formula is C10H16N2O4. The minimum absolute atomic E-state index is 0.171. The number of imide groups is 1. The van der Waals surface area contributed by atoms with Crippen molar-refractivity contribution in [2.75, 3.05) is 20.7 Å². The molecule has 90 valence electrons. The summed E-state index contributed by atoms with van der Waals surface area (Å²) in [5, 5.41) is 2.95. The fraction of sp³-hybridized carbons (Fsp3) is 0.700. The number of nitrogens with zero attached hydrogens (tertiary/aromatic N) is 1. The van der Waals surface area contributed by atoms with E-state index < -0.39 is 6.04 Å². The molecule has 1 rings (SSSR count). The van der Waals surface area contributed by atoms with Crippen molar-refractivity contribution in [2.45, 2.75) is 25.3 Å². The van der Waals surface area contributed by atoms with E-state index in [4.69, 9.17) is 0 Å². The molecule has 0 aliphatic carbocycles. The Morgan fingerprint density at radius 2 is 2.25 bits per heavy atom. The third-order valence-electron chi connectivity index (χ3n) is 2.56. The molecule has 0 aromatic rings. The van der Waals surface area contributed by atoms with Gasteiger partial charge in [0.05, 0.1) is 19.6 Å². The van der Waals surface area contributed by atoms with Gasteiger partial charge in [0.2, 0.25) is 11.8 Å². The maximum Gasteiger partial charge on any atom is 0.305 e. The summed E-state index contributed by atoms with van der Waals surface area (Å²) in [6.07, 6.45) is 1.11. The first-order valence-electron chi connectivity index (χ1n) is 5.17. The Kier molecular flexibility index (Phi) is 4.42. The van der Waals surface area contributed by atoms with Crippen LogP contribution in [0.1, 0.15) is 19.3 Å². The zero-order valence-corrected chi connectivity index (χ0v) is 9.49. The number of nitrogens with one attached hydrogen (secondary N) is 1. The summed E-state index contributed by atoms with van der Waals surface area (Å²) in [5.41, 5.74) is 0. The highest BCUT2D eigenvalue weighted by atomic mass is 16.5. The van der Waals surface area contributed by atoms with Crippen molar-refractivity contribution >= 4 is 17.8 Å². The number of amides is 2. The van der Waals surface area contributed by atoms with E-state index in [1.165, 1.54) is 14.2 Å². The lowest BCUT2D eigenvalue weighted by Gasteiger charge is -2.10. The highest BCUT2D eigenvalue weighted by molar-refractivity contribution is 6.05. The smallest absolute Gasteiger partial charge is 0.305 e. The van der Waals surface area contributed by atoms with Crippen LogP contribution in [0.2, 0.25) is 0 Å². The molecule has 1 atom stereocenters. The quantitative estimate of drug-likeness (QED) is 0.382. The standard InChI is InChI=1S/C10H16N2O4/c1-12-8(13)6-7(10(12)15)11-5-3-4-9(14)16-2/h7,11H,3-6H2,1-2H3. The molecule has 1 N–H and O–H groups in total.